The van der Waals surface area contributed by atoms with E-state index in [2.05, 4.69) is 0 Å². The third kappa shape index (κ3) is 2.65. The fourth-order valence-corrected chi connectivity index (χ4v) is 2.63. The smallest absolute Gasteiger partial charge is 0.207 e. The highest BCUT2D eigenvalue weighted by molar-refractivity contribution is 8.13. The summed E-state index contributed by atoms with van der Waals surface area (Å²) in [5.41, 5.74) is 0.867. The van der Waals surface area contributed by atoms with Gasteiger partial charge in [0, 0.05) is 16.2 Å². The molecular weight excluding hydrogens is 263 g/mol. The van der Waals surface area contributed by atoms with Crippen molar-refractivity contribution in [1.82, 2.24) is 0 Å². The Balaban J connectivity index is 2.72. The van der Waals surface area contributed by atoms with Crippen molar-refractivity contribution in [2.75, 3.05) is 0 Å². The SMILES string of the molecule is O=S(=O)(Cl)c1ccc(F)cc1-c1ccccc1. The van der Waals surface area contributed by atoms with Crippen LogP contribution >= 0.6 is 10.7 Å². The molecule has 88 valence electrons. The molecule has 0 atom stereocenters. The molecule has 2 aromatic rings. The zero-order chi connectivity index (χ0) is 12.5. The minimum absolute atomic E-state index is 0.0910. The topological polar surface area (TPSA) is 34.1 Å². The average Bonchev–Trinajstić information content (AvgIpc) is 2.28. The Labute approximate surface area is 103 Å². The molecule has 0 unspecified atom stereocenters. The minimum atomic E-state index is -3.89. The second-order valence-electron chi connectivity index (χ2n) is 3.44. The van der Waals surface area contributed by atoms with Gasteiger partial charge in [0.25, 0.3) is 9.05 Å². The molecule has 2 aromatic carbocycles. The first-order chi connectivity index (χ1) is 7.98. The van der Waals surface area contributed by atoms with Crippen molar-refractivity contribution in [3.63, 3.8) is 0 Å². The normalized spacial score (nSPS) is 11.4. The Morgan fingerprint density at radius 2 is 1.65 bits per heavy atom. The molecule has 2 nitrogen and oxygen atoms in total. The van der Waals surface area contributed by atoms with Gasteiger partial charge in [0.1, 0.15) is 5.82 Å². The highest BCUT2D eigenvalue weighted by Crippen LogP contribution is 2.30. The van der Waals surface area contributed by atoms with Crippen LogP contribution < -0.4 is 0 Å². The molecule has 5 heteroatoms. The molecule has 0 saturated heterocycles. The van der Waals surface area contributed by atoms with Crippen LogP contribution in [0.4, 0.5) is 4.39 Å². The van der Waals surface area contributed by atoms with Crippen LogP contribution in [-0.4, -0.2) is 8.42 Å². The van der Waals surface area contributed by atoms with Gasteiger partial charge < -0.3 is 0 Å². The summed E-state index contributed by atoms with van der Waals surface area (Å²) >= 11 is 0. The van der Waals surface area contributed by atoms with E-state index in [-0.39, 0.29) is 10.5 Å². The van der Waals surface area contributed by atoms with Crippen LogP contribution in [0.1, 0.15) is 0 Å². The van der Waals surface area contributed by atoms with E-state index in [1.165, 1.54) is 6.07 Å². The first kappa shape index (κ1) is 12.1. The van der Waals surface area contributed by atoms with Gasteiger partial charge in [-0.25, -0.2) is 12.8 Å². The summed E-state index contributed by atoms with van der Waals surface area (Å²) in [5, 5.41) is 0. The van der Waals surface area contributed by atoms with E-state index in [1.807, 2.05) is 0 Å². The van der Waals surface area contributed by atoms with Crippen LogP contribution in [0.3, 0.4) is 0 Å². The summed E-state index contributed by atoms with van der Waals surface area (Å²) in [4.78, 5) is -0.0910. The van der Waals surface area contributed by atoms with E-state index < -0.39 is 14.9 Å². The van der Waals surface area contributed by atoms with E-state index in [4.69, 9.17) is 10.7 Å². The monoisotopic (exact) mass is 270 g/mol. The maximum Gasteiger partial charge on any atom is 0.261 e. The number of halogens is 2. The molecule has 0 radical (unpaired) electrons. The predicted molar refractivity (Wildman–Crippen MR) is 64.9 cm³/mol. The van der Waals surface area contributed by atoms with E-state index in [0.29, 0.717) is 5.56 Å². The second-order valence-corrected chi connectivity index (χ2v) is 5.98. The Morgan fingerprint density at radius 3 is 2.24 bits per heavy atom. The molecule has 0 fully saturated rings. The molecule has 0 heterocycles. The van der Waals surface area contributed by atoms with Crippen LogP contribution in [0.5, 0.6) is 0 Å². The van der Waals surface area contributed by atoms with Crippen molar-refractivity contribution >= 4 is 19.7 Å². The molecule has 0 aliphatic heterocycles. The van der Waals surface area contributed by atoms with E-state index in [1.54, 1.807) is 30.3 Å². The lowest BCUT2D eigenvalue weighted by Gasteiger charge is -2.06. The predicted octanol–water partition coefficient (Wildman–Crippen LogP) is 3.42. The van der Waals surface area contributed by atoms with Gasteiger partial charge >= 0.3 is 0 Å². The summed E-state index contributed by atoms with van der Waals surface area (Å²) in [6.07, 6.45) is 0. The second kappa shape index (κ2) is 4.47. The molecule has 0 N–H and O–H groups in total. The van der Waals surface area contributed by atoms with Crippen molar-refractivity contribution in [3.8, 4) is 11.1 Å². The number of benzene rings is 2. The maximum atomic E-state index is 13.2. The lowest BCUT2D eigenvalue weighted by Crippen LogP contribution is -1.95. The fraction of sp³-hybridized carbons (Fsp3) is 0. The quantitative estimate of drug-likeness (QED) is 0.784. The molecule has 0 bridgehead atoms. The highest BCUT2D eigenvalue weighted by atomic mass is 35.7. The summed E-state index contributed by atoms with van der Waals surface area (Å²) in [7, 11) is 1.42. The number of rotatable bonds is 2. The largest absolute Gasteiger partial charge is 0.261 e. The van der Waals surface area contributed by atoms with Gasteiger partial charge in [0.2, 0.25) is 0 Å². The molecule has 17 heavy (non-hydrogen) atoms. The summed E-state index contributed by atoms with van der Waals surface area (Å²) in [6.45, 7) is 0. The zero-order valence-corrected chi connectivity index (χ0v) is 10.2. The Kier molecular flexibility index (Phi) is 3.17. The molecule has 0 aliphatic rings. The van der Waals surface area contributed by atoms with E-state index in [9.17, 15) is 12.8 Å². The zero-order valence-electron chi connectivity index (χ0n) is 8.60. The van der Waals surface area contributed by atoms with Crippen molar-refractivity contribution < 1.29 is 12.8 Å². The van der Waals surface area contributed by atoms with Crippen LogP contribution in [0, 0.1) is 5.82 Å². The summed E-state index contributed by atoms with van der Waals surface area (Å²) in [6, 6.07) is 12.1. The molecule has 0 aromatic heterocycles. The van der Waals surface area contributed by atoms with Crippen molar-refractivity contribution in [2.24, 2.45) is 0 Å². The van der Waals surface area contributed by atoms with Crippen molar-refractivity contribution in [1.29, 1.82) is 0 Å². The minimum Gasteiger partial charge on any atom is -0.207 e. The van der Waals surface area contributed by atoms with E-state index in [0.717, 1.165) is 12.1 Å². The van der Waals surface area contributed by atoms with Crippen LogP contribution in [-0.2, 0) is 9.05 Å². The molecule has 0 spiro atoms. The third-order valence-electron chi connectivity index (χ3n) is 2.29. The molecule has 0 saturated carbocycles. The number of hydrogen-bond acceptors (Lipinski definition) is 2. The molecular formula is C12H8ClFO2S. The van der Waals surface area contributed by atoms with Gasteiger partial charge in [0.05, 0.1) is 4.90 Å². The van der Waals surface area contributed by atoms with Gasteiger partial charge in [-0.15, -0.1) is 0 Å². The van der Waals surface area contributed by atoms with Gasteiger partial charge in [-0.2, -0.15) is 0 Å². The average molecular weight is 271 g/mol. The first-order valence-electron chi connectivity index (χ1n) is 4.78. The molecule has 0 amide bonds. The van der Waals surface area contributed by atoms with Crippen LogP contribution in [0.15, 0.2) is 53.4 Å². The van der Waals surface area contributed by atoms with Crippen molar-refractivity contribution in [2.45, 2.75) is 4.90 Å². The molecule has 0 aliphatic carbocycles. The highest BCUT2D eigenvalue weighted by Gasteiger charge is 2.17. The van der Waals surface area contributed by atoms with Crippen LogP contribution in [0.25, 0.3) is 11.1 Å². The Bertz CT molecular complexity index is 639. The number of hydrogen-bond donors (Lipinski definition) is 0. The van der Waals surface area contributed by atoms with Gasteiger partial charge in [-0.05, 0) is 23.8 Å². The Hall–Kier alpha value is -1.39. The summed E-state index contributed by atoms with van der Waals surface area (Å²) < 4.78 is 35.9. The third-order valence-corrected chi connectivity index (χ3v) is 3.67. The maximum absolute atomic E-state index is 13.2. The first-order valence-corrected chi connectivity index (χ1v) is 7.09. The molecule has 2 rings (SSSR count). The van der Waals surface area contributed by atoms with Crippen molar-refractivity contribution in [3.05, 3.63) is 54.3 Å². The van der Waals surface area contributed by atoms with E-state index >= 15 is 0 Å². The lowest BCUT2D eigenvalue weighted by molar-refractivity contribution is 0.608. The van der Waals surface area contributed by atoms with Crippen LogP contribution in [0.2, 0.25) is 0 Å². The standard InChI is InChI=1S/C12H8ClFO2S/c13-17(15,16)12-7-6-10(14)8-11(12)9-4-2-1-3-5-9/h1-8H. The van der Waals surface area contributed by atoms with Gasteiger partial charge in [0.15, 0.2) is 0 Å². The summed E-state index contributed by atoms with van der Waals surface area (Å²) in [5.74, 6) is -0.507. The van der Waals surface area contributed by atoms with Gasteiger partial charge in [-0.3, -0.25) is 0 Å². The fourth-order valence-electron chi connectivity index (χ4n) is 1.56. The van der Waals surface area contributed by atoms with Gasteiger partial charge in [-0.1, -0.05) is 30.3 Å². The lowest BCUT2D eigenvalue weighted by atomic mass is 10.1. The Morgan fingerprint density at radius 1 is 1.00 bits per heavy atom.